The predicted molar refractivity (Wildman–Crippen MR) is 116 cm³/mol. The zero-order valence-corrected chi connectivity index (χ0v) is 17.7. The maximum atomic E-state index is 13.2. The molecule has 30 heavy (non-hydrogen) atoms. The van der Waals surface area contributed by atoms with Gasteiger partial charge in [0.2, 0.25) is 0 Å². The number of hydrogen-bond donors (Lipinski definition) is 1. The van der Waals surface area contributed by atoms with E-state index in [9.17, 15) is 4.79 Å². The van der Waals surface area contributed by atoms with Crippen LogP contribution in [0.1, 0.15) is 54.7 Å². The van der Waals surface area contributed by atoms with E-state index < -0.39 is 0 Å². The molecule has 1 saturated heterocycles. The first kappa shape index (κ1) is 19.4. The van der Waals surface area contributed by atoms with Crippen LogP contribution in [-0.2, 0) is 0 Å². The third-order valence-electron chi connectivity index (χ3n) is 6.66. The van der Waals surface area contributed by atoms with E-state index >= 15 is 0 Å². The van der Waals surface area contributed by atoms with Crippen LogP contribution in [0.15, 0.2) is 29.1 Å². The molecule has 8 heteroatoms. The number of hydrogen-bond acceptors (Lipinski definition) is 6. The highest BCUT2D eigenvalue weighted by atomic mass is 16.1. The number of H-pyrrole nitrogens is 1. The number of piperazine rings is 1. The number of nitrogens with zero attached hydrogens (tertiary/aromatic N) is 6. The van der Waals surface area contributed by atoms with Crippen molar-refractivity contribution >= 4 is 10.9 Å². The number of tetrazole rings is 1. The summed E-state index contributed by atoms with van der Waals surface area (Å²) in [5, 5.41) is 13.9. The van der Waals surface area contributed by atoms with Gasteiger partial charge in [0.15, 0.2) is 5.82 Å². The maximum Gasteiger partial charge on any atom is 0.253 e. The Bertz CT molecular complexity index is 1090. The summed E-state index contributed by atoms with van der Waals surface area (Å²) in [6, 6.07) is 8.24. The number of benzene rings is 1. The highest BCUT2D eigenvalue weighted by Crippen LogP contribution is 2.34. The van der Waals surface area contributed by atoms with E-state index in [4.69, 9.17) is 0 Å². The summed E-state index contributed by atoms with van der Waals surface area (Å²) in [6.45, 7) is 5.76. The van der Waals surface area contributed by atoms with Gasteiger partial charge in [-0.1, -0.05) is 24.5 Å². The molecule has 5 rings (SSSR count). The standard InChI is InChI=1S/C22H29N7O/c1-15-7-8-19-16(13-15)14-18(22(30)23-19)20(28-11-9-27(2)10-12-28)21-24-25-26-29(21)17-5-3-4-6-17/h7-8,13-14,17,20H,3-6,9-12H2,1-2H3,(H,23,30)/t20-/m1/s1. The van der Waals surface area contributed by atoms with Gasteiger partial charge >= 0.3 is 0 Å². The van der Waals surface area contributed by atoms with E-state index in [-0.39, 0.29) is 11.6 Å². The quantitative estimate of drug-likeness (QED) is 0.714. The van der Waals surface area contributed by atoms with Crippen LogP contribution in [0.25, 0.3) is 10.9 Å². The molecule has 1 atom stereocenters. The molecule has 0 radical (unpaired) electrons. The Morgan fingerprint density at radius 1 is 1.10 bits per heavy atom. The predicted octanol–water partition coefficient (Wildman–Crippen LogP) is 2.27. The molecule has 0 unspecified atom stereocenters. The first-order chi connectivity index (χ1) is 14.6. The van der Waals surface area contributed by atoms with Gasteiger partial charge in [0.05, 0.1) is 6.04 Å². The van der Waals surface area contributed by atoms with E-state index in [1.165, 1.54) is 18.4 Å². The van der Waals surface area contributed by atoms with Gasteiger partial charge < -0.3 is 9.88 Å². The van der Waals surface area contributed by atoms with Crippen LogP contribution in [0.5, 0.6) is 0 Å². The molecular weight excluding hydrogens is 378 g/mol. The van der Waals surface area contributed by atoms with Gasteiger partial charge in [0.25, 0.3) is 5.56 Å². The molecule has 2 aromatic heterocycles. The molecular formula is C22H29N7O. The van der Waals surface area contributed by atoms with Crippen molar-refractivity contribution in [2.75, 3.05) is 33.2 Å². The average molecular weight is 408 g/mol. The molecule has 158 valence electrons. The van der Waals surface area contributed by atoms with Crippen molar-refractivity contribution in [3.8, 4) is 0 Å². The summed E-state index contributed by atoms with van der Waals surface area (Å²) in [4.78, 5) is 21.0. The number of aromatic amines is 1. The molecule has 0 amide bonds. The zero-order valence-electron chi connectivity index (χ0n) is 17.7. The topological polar surface area (TPSA) is 82.9 Å². The number of fused-ring (bicyclic) bond motifs is 1. The first-order valence-corrected chi connectivity index (χ1v) is 10.9. The smallest absolute Gasteiger partial charge is 0.253 e. The van der Waals surface area contributed by atoms with Crippen LogP contribution in [0.3, 0.4) is 0 Å². The lowest BCUT2D eigenvalue weighted by atomic mass is 10.0. The molecule has 0 bridgehead atoms. The van der Waals surface area contributed by atoms with E-state index in [0.717, 1.165) is 61.3 Å². The van der Waals surface area contributed by atoms with Gasteiger partial charge in [-0.05, 0) is 60.8 Å². The minimum absolute atomic E-state index is 0.0590. The summed E-state index contributed by atoms with van der Waals surface area (Å²) < 4.78 is 2.00. The van der Waals surface area contributed by atoms with Gasteiger partial charge in [-0.25, -0.2) is 4.68 Å². The van der Waals surface area contributed by atoms with Gasteiger partial charge in [0, 0.05) is 37.3 Å². The SMILES string of the molecule is Cc1ccc2[nH]c(=O)c([C@H](c3nnnn3C3CCCC3)N3CCN(C)CC3)cc2c1. The summed E-state index contributed by atoms with van der Waals surface area (Å²) in [6.07, 6.45) is 4.61. The lowest BCUT2D eigenvalue weighted by Gasteiger charge is -2.37. The molecule has 3 heterocycles. The molecule has 2 aliphatic rings. The molecule has 3 aromatic rings. The van der Waals surface area contributed by atoms with Gasteiger partial charge in [0.1, 0.15) is 6.04 Å². The fraction of sp³-hybridized carbons (Fsp3) is 0.545. The molecule has 1 aromatic carbocycles. The van der Waals surface area contributed by atoms with Gasteiger partial charge in [-0.3, -0.25) is 9.69 Å². The van der Waals surface area contributed by atoms with E-state index in [0.29, 0.717) is 6.04 Å². The van der Waals surface area contributed by atoms with Crippen molar-refractivity contribution in [1.82, 2.24) is 35.0 Å². The largest absolute Gasteiger partial charge is 0.322 e. The number of rotatable bonds is 4. The Balaban J connectivity index is 1.64. The van der Waals surface area contributed by atoms with E-state index in [2.05, 4.69) is 50.3 Å². The highest BCUT2D eigenvalue weighted by molar-refractivity contribution is 5.79. The minimum Gasteiger partial charge on any atom is -0.322 e. The summed E-state index contributed by atoms with van der Waals surface area (Å²) in [5.41, 5.74) is 2.71. The van der Waals surface area contributed by atoms with Gasteiger partial charge in [-0.2, -0.15) is 0 Å². The Morgan fingerprint density at radius 3 is 2.63 bits per heavy atom. The van der Waals surface area contributed by atoms with Crippen LogP contribution in [0, 0.1) is 6.92 Å². The van der Waals surface area contributed by atoms with Crippen LogP contribution in [0.2, 0.25) is 0 Å². The molecule has 1 aliphatic carbocycles. The second kappa shape index (κ2) is 7.92. The van der Waals surface area contributed by atoms with Gasteiger partial charge in [-0.15, -0.1) is 5.10 Å². The van der Waals surface area contributed by atoms with Crippen molar-refractivity contribution in [2.24, 2.45) is 0 Å². The monoisotopic (exact) mass is 407 g/mol. The summed E-state index contributed by atoms with van der Waals surface area (Å²) in [5.74, 6) is 0.795. The third kappa shape index (κ3) is 3.54. The number of aromatic nitrogens is 5. The van der Waals surface area contributed by atoms with E-state index in [1.807, 2.05) is 22.9 Å². The number of likely N-dealkylation sites (N-methyl/N-ethyl adjacent to an activating group) is 1. The minimum atomic E-state index is -0.247. The third-order valence-corrected chi connectivity index (χ3v) is 6.66. The lowest BCUT2D eigenvalue weighted by molar-refractivity contribution is 0.120. The fourth-order valence-corrected chi connectivity index (χ4v) is 4.91. The number of nitrogens with one attached hydrogen (secondary N) is 1. The second-order valence-corrected chi connectivity index (χ2v) is 8.81. The normalized spacial score (nSPS) is 20.2. The average Bonchev–Trinajstić information content (AvgIpc) is 3.42. The summed E-state index contributed by atoms with van der Waals surface area (Å²) >= 11 is 0. The first-order valence-electron chi connectivity index (χ1n) is 10.9. The maximum absolute atomic E-state index is 13.2. The molecule has 1 aliphatic heterocycles. The lowest BCUT2D eigenvalue weighted by Crippen LogP contribution is -2.47. The molecule has 0 spiro atoms. The Morgan fingerprint density at radius 2 is 1.87 bits per heavy atom. The van der Waals surface area contributed by atoms with Crippen molar-refractivity contribution in [3.63, 3.8) is 0 Å². The molecule has 2 fully saturated rings. The Kier molecular flexibility index (Phi) is 5.12. The molecule has 1 N–H and O–H groups in total. The van der Waals surface area contributed by atoms with Crippen LogP contribution >= 0.6 is 0 Å². The van der Waals surface area contributed by atoms with Crippen LogP contribution in [0.4, 0.5) is 0 Å². The Hall–Kier alpha value is -2.58. The second-order valence-electron chi connectivity index (χ2n) is 8.81. The van der Waals surface area contributed by atoms with Crippen molar-refractivity contribution < 1.29 is 0 Å². The highest BCUT2D eigenvalue weighted by Gasteiger charge is 2.34. The molecule has 1 saturated carbocycles. The van der Waals surface area contributed by atoms with E-state index in [1.54, 1.807) is 0 Å². The van der Waals surface area contributed by atoms with Crippen molar-refractivity contribution in [2.45, 2.75) is 44.7 Å². The summed E-state index contributed by atoms with van der Waals surface area (Å²) in [7, 11) is 2.14. The fourth-order valence-electron chi connectivity index (χ4n) is 4.91. The molecule has 8 nitrogen and oxygen atoms in total. The van der Waals surface area contributed by atoms with Crippen LogP contribution < -0.4 is 5.56 Å². The number of aryl methyl sites for hydroxylation is 1. The Labute approximate surface area is 175 Å². The van der Waals surface area contributed by atoms with Crippen molar-refractivity contribution in [3.05, 3.63) is 51.6 Å². The van der Waals surface area contributed by atoms with Crippen LogP contribution in [-0.4, -0.2) is 68.2 Å². The van der Waals surface area contributed by atoms with Crippen molar-refractivity contribution in [1.29, 1.82) is 0 Å². The number of pyridine rings is 1. The zero-order chi connectivity index (χ0) is 20.7.